The van der Waals surface area contributed by atoms with Gasteiger partial charge >= 0.3 is 0 Å². The highest BCUT2D eigenvalue weighted by atomic mass is 79.9. The van der Waals surface area contributed by atoms with Crippen molar-refractivity contribution in [1.29, 1.82) is 0 Å². The molecular formula is C16H22BrN3O. The second-order valence-corrected chi connectivity index (χ2v) is 5.97. The number of halogens is 1. The van der Waals surface area contributed by atoms with Crippen LogP contribution in [-0.4, -0.2) is 22.9 Å². The lowest BCUT2D eigenvalue weighted by molar-refractivity contribution is 0.414. The molecule has 0 bridgehead atoms. The van der Waals surface area contributed by atoms with Gasteiger partial charge in [0.1, 0.15) is 5.75 Å². The highest BCUT2D eigenvalue weighted by Crippen LogP contribution is 2.23. The lowest BCUT2D eigenvalue weighted by Gasteiger charge is -2.14. The van der Waals surface area contributed by atoms with Gasteiger partial charge in [-0.25, -0.2) is 0 Å². The summed E-state index contributed by atoms with van der Waals surface area (Å²) in [5, 5.41) is 4.51. The topological polar surface area (TPSA) is 53.1 Å². The predicted molar refractivity (Wildman–Crippen MR) is 88.7 cm³/mol. The first-order chi connectivity index (χ1) is 10.0. The molecule has 1 heterocycles. The van der Waals surface area contributed by atoms with Crippen LogP contribution in [0.2, 0.25) is 0 Å². The molecule has 1 atom stereocenters. The van der Waals surface area contributed by atoms with Crippen molar-refractivity contribution in [3.63, 3.8) is 0 Å². The van der Waals surface area contributed by atoms with Gasteiger partial charge in [-0.05, 0) is 53.9 Å². The van der Waals surface area contributed by atoms with Gasteiger partial charge in [0.25, 0.3) is 0 Å². The Morgan fingerprint density at radius 2 is 2.14 bits per heavy atom. The smallest absolute Gasteiger partial charge is 0.119 e. The van der Waals surface area contributed by atoms with E-state index in [1.54, 1.807) is 7.11 Å². The number of hydrogen-bond acceptors (Lipinski definition) is 3. The van der Waals surface area contributed by atoms with Crippen LogP contribution in [0.15, 0.2) is 28.7 Å². The Bertz CT molecular complexity index is 610. The maximum absolute atomic E-state index is 6.33. The molecule has 21 heavy (non-hydrogen) atoms. The second kappa shape index (κ2) is 7.09. The number of rotatable bonds is 6. The minimum atomic E-state index is 0.0507. The van der Waals surface area contributed by atoms with E-state index in [9.17, 15) is 0 Å². The molecule has 1 unspecified atom stereocenters. The fraction of sp³-hybridized carbons (Fsp3) is 0.438. The third-order valence-corrected chi connectivity index (χ3v) is 4.57. The largest absolute Gasteiger partial charge is 0.497 e. The fourth-order valence-corrected chi connectivity index (χ4v) is 2.93. The average molecular weight is 352 g/mol. The molecule has 0 aliphatic heterocycles. The summed E-state index contributed by atoms with van der Waals surface area (Å²) in [6, 6.07) is 8.12. The molecule has 0 spiro atoms. The number of nitrogens with zero attached hydrogens (tertiary/aromatic N) is 2. The Labute approximate surface area is 134 Å². The van der Waals surface area contributed by atoms with Crippen LogP contribution >= 0.6 is 15.9 Å². The second-order valence-electron chi connectivity index (χ2n) is 5.18. The average Bonchev–Trinajstić information content (AvgIpc) is 2.75. The zero-order valence-electron chi connectivity index (χ0n) is 12.8. The first-order valence-corrected chi connectivity index (χ1v) is 7.94. The van der Waals surface area contributed by atoms with Gasteiger partial charge in [0.05, 0.1) is 23.0 Å². The summed E-state index contributed by atoms with van der Waals surface area (Å²) >= 11 is 3.62. The highest BCUT2D eigenvalue weighted by molar-refractivity contribution is 9.10. The molecule has 0 fully saturated rings. The van der Waals surface area contributed by atoms with Crippen molar-refractivity contribution in [2.45, 2.75) is 39.3 Å². The van der Waals surface area contributed by atoms with Crippen LogP contribution in [0.4, 0.5) is 0 Å². The zero-order chi connectivity index (χ0) is 15.4. The Hall–Kier alpha value is -1.33. The van der Waals surface area contributed by atoms with Crippen molar-refractivity contribution >= 4 is 15.9 Å². The van der Waals surface area contributed by atoms with Crippen LogP contribution in [0.25, 0.3) is 0 Å². The van der Waals surface area contributed by atoms with E-state index in [1.807, 2.05) is 29.8 Å². The van der Waals surface area contributed by atoms with Gasteiger partial charge in [-0.2, -0.15) is 5.10 Å². The number of ether oxygens (including phenoxy) is 1. The molecular weight excluding hydrogens is 330 g/mol. The molecule has 0 radical (unpaired) electrons. The molecule has 1 aromatic heterocycles. The third-order valence-electron chi connectivity index (χ3n) is 3.54. The Balaban J connectivity index is 2.09. The van der Waals surface area contributed by atoms with Crippen molar-refractivity contribution in [2.24, 2.45) is 5.73 Å². The first-order valence-electron chi connectivity index (χ1n) is 7.15. The molecule has 5 heteroatoms. The van der Waals surface area contributed by atoms with E-state index in [0.717, 1.165) is 35.3 Å². The molecule has 2 N–H and O–H groups in total. The van der Waals surface area contributed by atoms with Crippen LogP contribution in [-0.2, 0) is 19.4 Å². The Morgan fingerprint density at radius 1 is 1.38 bits per heavy atom. The number of methoxy groups -OCH3 is 1. The van der Waals surface area contributed by atoms with E-state index in [2.05, 4.69) is 34.0 Å². The maximum Gasteiger partial charge on any atom is 0.119 e. The SMILES string of the molecule is CCn1nc(C)c(Br)c1CC(N)Cc1cccc(OC)c1. The third kappa shape index (κ3) is 3.86. The number of hydrogen-bond donors (Lipinski definition) is 1. The van der Waals surface area contributed by atoms with Crippen LogP contribution in [0.1, 0.15) is 23.9 Å². The summed E-state index contributed by atoms with van der Waals surface area (Å²) in [4.78, 5) is 0. The predicted octanol–water partition coefficient (Wildman–Crippen LogP) is 3.10. The molecule has 2 aromatic rings. The molecule has 0 aliphatic carbocycles. The van der Waals surface area contributed by atoms with Crippen LogP contribution < -0.4 is 10.5 Å². The quantitative estimate of drug-likeness (QED) is 0.869. The van der Waals surface area contributed by atoms with Gasteiger partial charge in [0.2, 0.25) is 0 Å². The molecule has 2 rings (SSSR count). The molecule has 0 saturated heterocycles. The van der Waals surface area contributed by atoms with Crippen molar-refractivity contribution < 1.29 is 4.74 Å². The molecule has 0 saturated carbocycles. The van der Waals surface area contributed by atoms with Gasteiger partial charge in [-0.1, -0.05) is 12.1 Å². The molecule has 1 aromatic carbocycles. The van der Waals surface area contributed by atoms with Crippen LogP contribution in [0, 0.1) is 6.92 Å². The molecule has 4 nitrogen and oxygen atoms in total. The van der Waals surface area contributed by atoms with Crippen LogP contribution in [0.3, 0.4) is 0 Å². The number of benzene rings is 1. The van der Waals surface area contributed by atoms with E-state index >= 15 is 0 Å². The molecule has 114 valence electrons. The maximum atomic E-state index is 6.33. The monoisotopic (exact) mass is 351 g/mol. The van der Waals surface area contributed by atoms with Crippen molar-refractivity contribution in [3.05, 3.63) is 45.7 Å². The van der Waals surface area contributed by atoms with Crippen molar-refractivity contribution in [1.82, 2.24) is 9.78 Å². The zero-order valence-corrected chi connectivity index (χ0v) is 14.4. The summed E-state index contributed by atoms with van der Waals surface area (Å²) in [6.07, 6.45) is 1.62. The standard InChI is InChI=1S/C16H22BrN3O/c1-4-20-15(16(17)11(2)19-20)10-13(18)8-12-6-5-7-14(9-12)21-3/h5-7,9,13H,4,8,10,18H2,1-3H3. The minimum Gasteiger partial charge on any atom is -0.497 e. The van der Waals surface area contributed by atoms with Crippen molar-refractivity contribution in [2.75, 3.05) is 7.11 Å². The van der Waals surface area contributed by atoms with E-state index < -0.39 is 0 Å². The van der Waals surface area contributed by atoms with E-state index in [1.165, 1.54) is 11.3 Å². The summed E-state index contributed by atoms with van der Waals surface area (Å²) in [5.74, 6) is 0.871. The van der Waals surface area contributed by atoms with Gasteiger partial charge in [-0.15, -0.1) is 0 Å². The number of aromatic nitrogens is 2. The normalized spacial score (nSPS) is 12.4. The van der Waals surface area contributed by atoms with E-state index in [4.69, 9.17) is 10.5 Å². The summed E-state index contributed by atoms with van der Waals surface area (Å²) < 4.78 is 8.34. The van der Waals surface area contributed by atoms with Crippen LogP contribution in [0.5, 0.6) is 5.75 Å². The highest BCUT2D eigenvalue weighted by Gasteiger charge is 2.15. The van der Waals surface area contributed by atoms with Gasteiger partial charge in [-0.3, -0.25) is 4.68 Å². The van der Waals surface area contributed by atoms with Crippen molar-refractivity contribution in [3.8, 4) is 5.75 Å². The number of nitrogens with two attached hydrogens (primary N) is 1. The molecule has 0 aliphatic rings. The fourth-order valence-electron chi connectivity index (χ4n) is 2.49. The van der Waals surface area contributed by atoms with E-state index in [-0.39, 0.29) is 6.04 Å². The van der Waals surface area contributed by atoms with Gasteiger partial charge < -0.3 is 10.5 Å². The Kier molecular flexibility index (Phi) is 5.42. The minimum absolute atomic E-state index is 0.0507. The van der Waals surface area contributed by atoms with Gasteiger partial charge in [0, 0.05) is 19.0 Å². The number of aryl methyl sites for hydroxylation is 2. The summed E-state index contributed by atoms with van der Waals surface area (Å²) in [6.45, 7) is 4.96. The lowest BCUT2D eigenvalue weighted by Crippen LogP contribution is -2.27. The Morgan fingerprint density at radius 3 is 2.81 bits per heavy atom. The van der Waals surface area contributed by atoms with Gasteiger partial charge in [0.15, 0.2) is 0 Å². The summed E-state index contributed by atoms with van der Waals surface area (Å²) in [5.41, 5.74) is 9.71. The molecule has 0 amide bonds. The van der Waals surface area contributed by atoms with E-state index in [0.29, 0.717) is 0 Å². The first kappa shape index (κ1) is 16.0. The lowest BCUT2D eigenvalue weighted by atomic mass is 10.0. The summed E-state index contributed by atoms with van der Waals surface area (Å²) in [7, 11) is 1.68.